The fourth-order valence-corrected chi connectivity index (χ4v) is 3.07. The van der Waals surface area contributed by atoms with Gasteiger partial charge in [0.1, 0.15) is 0 Å². The van der Waals surface area contributed by atoms with Crippen LogP contribution in [-0.2, 0) is 11.2 Å². The van der Waals surface area contributed by atoms with Crippen LogP contribution in [0.15, 0.2) is 77.4 Å². The number of quaternary nitrogens is 1. The highest BCUT2D eigenvalue weighted by Crippen LogP contribution is 2.18. The van der Waals surface area contributed by atoms with Gasteiger partial charge in [0.2, 0.25) is 0 Å². The molecule has 0 saturated heterocycles. The second-order valence-corrected chi connectivity index (χ2v) is 6.37. The molecule has 0 aliphatic carbocycles. The summed E-state index contributed by atoms with van der Waals surface area (Å²) in [6.45, 7) is 3.10. The number of aryl methyl sites for hydroxylation is 1. The van der Waals surface area contributed by atoms with Gasteiger partial charge in [-0.2, -0.15) is 0 Å². The third-order valence-electron chi connectivity index (χ3n) is 4.53. The Labute approximate surface area is 154 Å². The van der Waals surface area contributed by atoms with Gasteiger partial charge in [-0.15, -0.1) is 0 Å². The number of carbonyl (C=O) groups is 1. The van der Waals surface area contributed by atoms with Crippen LogP contribution in [0.2, 0.25) is 0 Å². The maximum atomic E-state index is 12.3. The predicted octanol–water partition coefficient (Wildman–Crippen LogP) is 2.60. The molecule has 0 unspecified atom stereocenters. The molecule has 3 aromatic rings. The minimum Gasteiger partial charge on any atom is -0.463 e. The first-order valence-corrected chi connectivity index (χ1v) is 8.97. The van der Waals surface area contributed by atoms with E-state index in [0.29, 0.717) is 13.1 Å². The van der Waals surface area contributed by atoms with Crippen molar-refractivity contribution < 1.29 is 14.5 Å². The molecule has 4 heteroatoms. The van der Waals surface area contributed by atoms with E-state index in [1.54, 1.807) is 6.26 Å². The van der Waals surface area contributed by atoms with Crippen molar-refractivity contribution in [3.05, 3.63) is 95.4 Å². The van der Waals surface area contributed by atoms with Crippen LogP contribution in [0.4, 0.5) is 0 Å². The molecule has 3 rings (SSSR count). The van der Waals surface area contributed by atoms with E-state index in [4.69, 9.17) is 4.42 Å². The zero-order chi connectivity index (χ0) is 18.2. The molecule has 0 aliphatic heterocycles. The average molecular weight is 349 g/mol. The summed E-state index contributed by atoms with van der Waals surface area (Å²) in [5.74, 6) is 0.884. The first kappa shape index (κ1) is 18.0. The number of carbonyl (C=O) groups excluding carboxylic acids is 1. The van der Waals surface area contributed by atoms with Gasteiger partial charge in [-0.25, -0.2) is 0 Å². The van der Waals surface area contributed by atoms with Crippen molar-refractivity contribution in [2.24, 2.45) is 0 Å². The van der Waals surface area contributed by atoms with Crippen molar-refractivity contribution in [3.63, 3.8) is 0 Å². The largest absolute Gasteiger partial charge is 0.463 e. The standard InChI is InChI=1S/C22H24N2O2/c1-17-8-5-6-9-18(17)13-14-23-21(25)16-24-22(20-12-7-15-26-20)19-10-3-2-4-11-19/h2-12,15,22,24H,13-14,16H2,1H3,(H,23,25)/p+1/t22-/m1/s1. The Bertz CT molecular complexity index is 813. The van der Waals surface area contributed by atoms with Gasteiger partial charge >= 0.3 is 0 Å². The number of hydrogen-bond donors (Lipinski definition) is 2. The van der Waals surface area contributed by atoms with E-state index in [1.807, 2.05) is 47.8 Å². The quantitative estimate of drug-likeness (QED) is 0.657. The van der Waals surface area contributed by atoms with Crippen molar-refractivity contribution in [3.8, 4) is 0 Å². The van der Waals surface area contributed by atoms with Crippen molar-refractivity contribution in [2.45, 2.75) is 19.4 Å². The topological polar surface area (TPSA) is 58.9 Å². The third kappa shape index (κ3) is 4.83. The monoisotopic (exact) mass is 349 g/mol. The molecule has 0 spiro atoms. The SMILES string of the molecule is Cc1ccccc1CCNC(=O)C[NH2+][C@H](c1ccccc1)c1ccco1. The summed E-state index contributed by atoms with van der Waals surface area (Å²) in [7, 11) is 0. The van der Waals surface area contributed by atoms with E-state index in [0.717, 1.165) is 17.7 Å². The van der Waals surface area contributed by atoms with Crippen LogP contribution in [-0.4, -0.2) is 19.0 Å². The van der Waals surface area contributed by atoms with Crippen molar-refractivity contribution in [2.75, 3.05) is 13.1 Å². The second-order valence-electron chi connectivity index (χ2n) is 6.37. The molecule has 0 aliphatic rings. The van der Waals surface area contributed by atoms with Crippen LogP contribution in [0.25, 0.3) is 0 Å². The highest BCUT2D eigenvalue weighted by Gasteiger charge is 2.21. The predicted molar refractivity (Wildman–Crippen MR) is 102 cm³/mol. The van der Waals surface area contributed by atoms with Crippen LogP contribution in [0, 0.1) is 6.92 Å². The van der Waals surface area contributed by atoms with Crippen molar-refractivity contribution in [1.82, 2.24) is 5.32 Å². The summed E-state index contributed by atoms with van der Waals surface area (Å²) < 4.78 is 5.57. The van der Waals surface area contributed by atoms with E-state index in [9.17, 15) is 4.79 Å². The molecule has 0 radical (unpaired) electrons. The number of benzene rings is 2. The summed E-state index contributed by atoms with van der Waals surface area (Å²) in [6.07, 6.45) is 2.51. The molecule has 3 N–H and O–H groups in total. The maximum Gasteiger partial charge on any atom is 0.275 e. The fourth-order valence-electron chi connectivity index (χ4n) is 3.07. The van der Waals surface area contributed by atoms with Crippen molar-refractivity contribution >= 4 is 5.91 Å². The minimum atomic E-state index is -0.0201. The number of rotatable bonds is 8. The Morgan fingerprint density at radius 1 is 1.04 bits per heavy atom. The minimum absolute atomic E-state index is 0.0201. The molecule has 1 atom stereocenters. The smallest absolute Gasteiger partial charge is 0.275 e. The second kappa shape index (κ2) is 9.02. The molecule has 134 valence electrons. The molecule has 1 aromatic heterocycles. The molecule has 1 amide bonds. The summed E-state index contributed by atoms with van der Waals surface area (Å²) >= 11 is 0. The van der Waals surface area contributed by atoms with E-state index in [2.05, 4.69) is 36.5 Å². The molecule has 1 heterocycles. The number of furan rings is 1. The normalized spacial score (nSPS) is 11.9. The van der Waals surface area contributed by atoms with Gasteiger partial charge in [0.15, 0.2) is 18.3 Å². The Morgan fingerprint density at radius 3 is 2.54 bits per heavy atom. The molecule has 0 saturated carbocycles. The van der Waals surface area contributed by atoms with Crippen LogP contribution < -0.4 is 10.6 Å². The number of hydrogen-bond acceptors (Lipinski definition) is 2. The lowest BCUT2D eigenvalue weighted by Gasteiger charge is -2.14. The van der Waals surface area contributed by atoms with Gasteiger partial charge in [-0.1, -0.05) is 54.6 Å². The summed E-state index contributed by atoms with van der Waals surface area (Å²) in [5, 5.41) is 5.02. The lowest BCUT2D eigenvalue weighted by atomic mass is 10.0. The molecule has 26 heavy (non-hydrogen) atoms. The van der Waals surface area contributed by atoms with E-state index < -0.39 is 0 Å². The van der Waals surface area contributed by atoms with Gasteiger partial charge in [0.25, 0.3) is 5.91 Å². The summed E-state index contributed by atoms with van der Waals surface area (Å²) in [4.78, 5) is 12.3. The first-order chi connectivity index (χ1) is 12.7. The Balaban J connectivity index is 1.52. The molecule has 2 aromatic carbocycles. The molecule has 0 fully saturated rings. The third-order valence-corrected chi connectivity index (χ3v) is 4.53. The lowest BCUT2D eigenvalue weighted by molar-refractivity contribution is -0.678. The average Bonchev–Trinajstić information content (AvgIpc) is 3.19. The zero-order valence-electron chi connectivity index (χ0n) is 15.0. The van der Waals surface area contributed by atoms with Gasteiger partial charge in [-0.05, 0) is 36.6 Å². The Hall–Kier alpha value is -2.85. The van der Waals surface area contributed by atoms with Crippen LogP contribution in [0.1, 0.15) is 28.5 Å². The van der Waals surface area contributed by atoms with E-state index in [-0.39, 0.29) is 11.9 Å². The van der Waals surface area contributed by atoms with Crippen LogP contribution >= 0.6 is 0 Å². The number of nitrogens with one attached hydrogen (secondary N) is 1. The molecule has 4 nitrogen and oxygen atoms in total. The Morgan fingerprint density at radius 2 is 1.81 bits per heavy atom. The summed E-state index contributed by atoms with van der Waals surface area (Å²) in [6, 6.07) is 22.2. The van der Waals surface area contributed by atoms with Crippen molar-refractivity contribution in [1.29, 1.82) is 0 Å². The zero-order valence-corrected chi connectivity index (χ0v) is 15.0. The molecular weight excluding hydrogens is 324 g/mol. The van der Waals surface area contributed by atoms with Gasteiger partial charge < -0.3 is 15.1 Å². The summed E-state index contributed by atoms with van der Waals surface area (Å²) in [5.41, 5.74) is 3.65. The number of amides is 1. The van der Waals surface area contributed by atoms with Gasteiger partial charge in [-0.3, -0.25) is 4.79 Å². The molecular formula is C22H25N2O2+. The van der Waals surface area contributed by atoms with E-state index in [1.165, 1.54) is 11.1 Å². The first-order valence-electron chi connectivity index (χ1n) is 8.97. The highest BCUT2D eigenvalue weighted by atomic mass is 16.3. The highest BCUT2D eigenvalue weighted by molar-refractivity contribution is 5.76. The number of nitrogens with two attached hydrogens (primary N) is 1. The van der Waals surface area contributed by atoms with Gasteiger partial charge in [0.05, 0.1) is 6.26 Å². The van der Waals surface area contributed by atoms with Crippen LogP contribution in [0.5, 0.6) is 0 Å². The van der Waals surface area contributed by atoms with Crippen LogP contribution in [0.3, 0.4) is 0 Å². The van der Waals surface area contributed by atoms with E-state index >= 15 is 0 Å². The lowest BCUT2D eigenvalue weighted by Crippen LogP contribution is -2.87. The van der Waals surface area contributed by atoms with Gasteiger partial charge in [0, 0.05) is 12.1 Å². The Kier molecular flexibility index (Phi) is 6.23. The maximum absolute atomic E-state index is 12.3. The molecule has 0 bridgehead atoms. The fraction of sp³-hybridized carbons (Fsp3) is 0.227.